The Labute approximate surface area is 140 Å². The zero-order valence-corrected chi connectivity index (χ0v) is 14.1. The van der Waals surface area contributed by atoms with Gasteiger partial charge in [0.05, 0.1) is 11.9 Å². The quantitative estimate of drug-likeness (QED) is 0.860. The van der Waals surface area contributed by atoms with Gasteiger partial charge in [0, 0.05) is 15.7 Å². The minimum absolute atomic E-state index is 0.127. The minimum Gasteiger partial charge on any atom is -0.325 e. The summed E-state index contributed by atoms with van der Waals surface area (Å²) in [7, 11) is 0. The Bertz CT molecular complexity index is 810. The van der Waals surface area contributed by atoms with E-state index in [9.17, 15) is 9.59 Å². The Balaban J connectivity index is 1.98. The molecule has 1 aromatic heterocycles. The van der Waals surface area contributed by atoms with Crippen LogP contribution in [0.1, 0.15) is 25.6 Å². The fraction of sp³-hybridized carbons (Fsp3) is 0.200. The van der Waals surface area contributed by atoms with Crippen molar-refractivity contribution < 1.29 is 9.59 Å². The van der Waals surface area contributed by atoms with Crippen LogP contribution in [0.25, 0.3) is 5.69 Å². The number of urea groups is 1. The molecule has 7 nitrogen and oxygen atoms in total. The van der Waals surface area contributed by atoms with E-state index in [0.29, 0.717) is 17.0 Å². The first kappa shape index (κ1) is 15.4. The second-order valence-electron chi connectivity index (χ2n) is 5.16. The highest BCUT2D eigenvalue weighted by Gasteiger charge is 2.31. The minimum atomic E-state index is -0.606. The van der Waals surface area contributed by atoms with Crippen LogP contribution in [0, 0.1) is 0 Å². The first-order chi connectivity index (χ1) is 11.0. The molecule has 0 radical (unpaired) electrons. The van der Waals surface area contributed by atoms with Gasteiger partial charge in [-0.1, -0.05) is 15.9 Å². The van der Waals surface area contributed by atoms with Crippen LogP contribution in [-0.2, 0) is 4.79 Å². The van der Waals surface area contributed by atoms with Gasteiger partial charge in [-0.3, -0.25) is 4.79 Å². The maximum absolute atomic E-state index is 11.9. The summed E-state index contributed by atoms with van der Waals surface area (Å²) in [5, 5.41) is 13.9. The number of carbonyl (C=O) groups is 2. The predicted octanol–water partition coefficient (Wildman–Crippen LogP) is 2.25. The van der Waals surface area contributed by atoms with Crippen molar-refractivity contribution in [3.63, 3.8) is 0 Å². The summed E-state index contributed by atoms with van der Waals surface area (Å²) in [6.07, 6.45) is 1.55. The summed E-state index contributed by atoms with van der Waals surface area (Å²) in [6, 6.07) is 6.52. The molecule has 3 rings (SSSR count). The fourth-order valence-electron chi connectivity index (χ4n) is 2.49. The molecule has 8 heteroatoms. The van der Waals surface area contributed by atoms with Crippen molar-refractivity contribution in [1.29, 1.82) is 0 Å². The van der Waals surface area contributed by atoms with E-state index < -0.39 is 6.04 Å². The normalized spacial score (nSPS) is 17.7. The van der Waals surface area contributed by atoms with Crippen LogP contribution in [0.15, 0.2) is 46.2 Å². The molecule has 2 N–H and O–H groups in total. The first-order valence-corrected chi connectivity index (χ1v) is 7.72. The lowest BCUT2D eigenvalue weighted by Crippen LogP contribution is -2.44. The van der Waals surface area contributed by atoms with E-state index in [2.05, 4.69) is 36.8 Å². The number of hydrogen-bond donors (Lipinski definition) is 2. The molecule has 23 heavy (non-hydrogen) atoms. The SMILES string of the molecule is CC(=O)C1=C(C)NC(=O)NC1c1cnn(-c2ccc(Br)cc2)n1. The highest BCUT2D eigenvalue weighted by molar-refractivity contribution is 9.10. The number of carbonyl (C=O) groups excluding carboxylic acids is 2. The van der Waals surface area contributed by atoms with Crippen molar-refractivity contribution >= 4 is 27.7 Å². The van der Waals surface area contributed by atoms with Crippen molar-refractivity contribution in [2.75, 3.05) is 0 Å². The van der Waals surface area contributed by atoms with Crippen molar-refractivity contribution in [3.8, 4) is 5.69 Å². The number of allylic oxidation sites excluding steroid dienone is 1. The van der Waals surface area contributed by atoms with E-state index in [1.807, 2.05) is 24.3 Å². The monoisotopic (exact) mass is 375 g/mol. The summed E-state index contributed by atoms with van der Waals surface area (Å²) >= 11 is 3.37. The lowest BCUT2D eigenvalue weighted by Gasteiger charge is -2.26. The summed E-state index contributed by atoms with van der Waals surface area (Å²) in [4.78, 5) is 25.1. The van der Waals surface area contributed by atoms with Crippen LogP contribution in [-0.4, -0.2) is 26.8 Å². The highest BCUT2D eigenvalue weighted by Crippen LogP contribution is 2.25. The van der Waals surface area contributed by atoms with Gasteiger partial charge < -0.3 is 10.6 Å². The van der Waals surface area contributed by atoms with E-state index in [1.165, 1.54) is 11.7 Å². The van der Waals surface area contributed by atoms with E-state index in [0.717, 1.165) is 10.2 Å². The van der Waals surface area contributed by atoms with Crippen molar-refractivity contribution in [2.24, 2.45) is 0 Å². The molecular weight excluding hydrogens is 362 g/mol. The number of amides is 2. The number of aromatic nitrogens is 3. The fourth-order valence-corrected chi connectivity index (χ4v) is 2.75. The van der Waals surface area contributed by atoms with Gasteiger partial charge in [-0.2, -0.15) is 15.0 Å². The van der Waals surface area contributed by atoms with Gasteiger partial charge in [0.1, 0.15) is 11.7 Å². The van der Waals surface area contributed by atoms with E-state index >= 15 is 0 Å². The van der Waals surface area contributed by atoms with Gasteiger partial charge in [0.2, 0.25) is 0 Å². The van der Waals surface area contributed by atoms with Gasteiger partial charge in [-0.15, -0.1) is 0 Å². The molecule has 118 valence electrons. The number of halogens is 1. The molecule has 1 aromatic carbocycles. The Morgan fingerprint density at radius 2 is 2.00 bits per heavy atom. The average molecular weight is 376 g/mol. The maximum Gasteiger partial charge on any atom is 0.319 e. The largest absolute Gasteiger partial charge is 0.325 e. The Morgan fingerprint density at radius 3 is 2.65 bits per heavy atom. The molecule has 2 amide bonds. The maximum atomic E-state index is 11.9. The third kappa shape index (κ3) is 3.02. The van der Waals surface area contributed by atoms with Crippen LogP contribution >= 0.6 is 15.9 Å². The van der Waals surface area contributed by atoms with Gasteiger partial charge in [0.15, 0.2) is 5.78 Å². The number of rotatable bonds is 3. The average Bonchev–Trinajstić information content (AvgIpc) is 2.96. The Hall–Kier alpha value is -2.48. The Morgan fingerprint density at radius 1 is 1.30 bits per heavy atom. The zero-order valence-electron chi connectivity index (χ0n) is 12.5. The highest BCUT2D eigenvalue weighted by atomic mass is 79.9. The molecule has 1 unspecified atom stereocenters. The van der Waals surface area contributed by atoms with Crippen molar-refractivity contribution in [1.82, 2.24) is 25.6 Å². The number of benzene rings is 1. The first-order valence-electron chi connectivity index (χ1n) is 6.93. The van der Waals surface area contributed by atoms with Crippen LogP contribution in [0.3, 0.4) is 0 Å². The molecule has 0 saturated heterocycles. The van der Waals surface area contributed by atoms with E-state index in [1.54, 1.807) is 13.1 Å². The second kappa shape index (κ2) is 5.96. The van der Waals surface area contributed by atoms with E-state index in [-0.39, 0.29) is 11.8 Å². The molecule has 2 aromatic rings. The third-order valence-electron chi connectivity index (χ3n) is 3.51. The summed E-state index contributed by atoms with van der Waals surface area (Å²) in [5.41, 5.74) is 2.30. The molecule has 2 heterocycles. The number of ketones is 1. The lowest BCUT2D eigenvalue weighted by atomic mass is 9.97. The van der Waals surface area contributed by atoms with Gasteiger partial charge in [-0.25, -0.2) is 4.79 Å². The summed E-state index contributed by atoms with van der Waals surface area (Å²) in [6.45, 7) is 3.16. The number of nitrogens with zero attached hydrogens (tertiary/aromatic N) is 3. The van der Waals surface area contributed by atoms with Gasteiger partial charge >= 0.3 is 6.03 Å². The van der Waals surface area contributed by atoms with Crippen LogP contribution < -0.4 is 10.6 Å². The predicted molar refractivity (Wildman–Crippen MR) is 86.8 cm³/mol. The number of hydrogen-bond acceptors (Lipinski definition) is 4. The smallest absolute Gasteiger partial charge is 0.319 e. The van der Waals surface area contributed by atoms with E-state index in [4.69, 9.17) is 0 Å². The molecule has 0 bridgehead atoms. The molecular formula is C15H14BrN5O2. The number of Topliss-reactive ketones (excluding diaryl/α,β-unsaturated/α-hetero) is 1. The standard InChI is InChI=1S/C15H14BrN5O2/c1-8-13(9(2)22)14(19-15(23)18-8)12-7-17-21(20-12)11-5-3-10(16)4-6-11/h3-7,14H,1-2H3,(H2,18,19,23). The molecule has 1 aliphatic rings. The van der Waals surface area contributed by atoms with Crippen LogP contribution in [0.2, 0.25) is 0 Å². The molecule has 0 aliphatic carbocycles. The number of nitrogens with one attached hydrogen (secondary N) is 2. The van der Waals surface area contributed by atoms with Crippen molar-refractivity contribution in [3.05, 3.63) is 51.9 Å². The Kier molecular flexibility index (Phi) is 3.99. The summed E-state index contributed by atoms with van der Waals surface area (Å²) < 4.78 is 0.955. The lowest BCUT2D eigenvalue weighted by molar-refractivity contribution is -0.114. The van der Waals surface area contributed by atoms with Crippen LogP contribution in [0.5, 0.6) is 0 Å². The van der Waals surface area contributed by atoms with Crippen LogP contribution in [0.4, 0.5) is 4.79 Å². The molecule has 0 saturated carbocycles. The molecule has 1 atom stereocenters. The molecule has 0 spiro atoms. The summed E-state index contributed by atoms with van der Waals surface area (Å²) in [5.74, 6) is -0.127. The zero-order chi connectivity index (χ0) is 16.6. The molecule has 0 fully saturated rings. The second-order valence-corrected chi connectivity index (χ2v) is 6.08. The van der Waals surface area contributed by atoms with Gasteiger partial charge in [-0.05, 0) is 38.1 Å². The third-order valence-corrected chi connectivity index (χ3v) is 4.04. The topological polar surface area (TPSA) is 88.9 Å². The van der Waals surface area contributed by atoms with Crippen molar-refractivity contribution in [2.45, 2.75) is 19.9 Å². The molecule has 1 aliphatic heterocycles. The van der Waals surface area contributed by atoms with Gasteiger partial charge in [0.25, 0.3) is 0 Å².